The lowest BCUT2D eigenvalue weighted by molar-refractivity contribution is 0.0694. The van der Waals surface area contributed by atoms with E-state index in [1.54, 1.807) is 20.9 Å². The maximum absolute atomic E-state index is 15.0. The van der Waals surface area contributed by atoms with Gasteiger partial charge >= 0.3 is 5.97 Å². The molecule has 3 rings (SSSR count). The lowest BCUT2D eigenvalue weighted by atomic mass is 10.0. The van der Waals surface area contributed by atoms with E-state index in [4.69, 9.17) is 0 Å². The molecule has 0 saturated heterocycles. The molecule has 0 spiro atoms. The van der Waals surface area contributed by atoms with Gasteiger partial charge in [0.15, 0.2) is 0 Å². The summed E-state index contributed by atoms with van der Waals surface area (Å²) in [6.45, 7) is 6.05. The summed E-state index contributed by atoms with van der Waals surface area (Å²) >= 11 is 0. The molecule has 0 radical (unpaired) electrons. The van der Waals surface area contributed by atoms with E-state index in [1.807, 2.05) is 16.4 Å². The highest BCUT2D eigenvalue weighted by atomic mass is 19.1. The van der Waals surface area contributed by atoms with Gasteiger partial charge in [-0.2, -0.15) is 0 Å². The molecule has 0 bridgehead atoms. The maximum atomic E-state index is 15.0. The molecule has 1 aromatic carbocycles. The van der Waals surface area contributed by atoms with Gasteiger partial charge in [-0.3, -0.25) is 4.79 Å². The van der Waals surface area contributed by atoms with E-state index in [0.29, 0.717) is 29.7 Å². The van der Waals surface area contributed by atoms with Crippen molar-refractivity contribution in [2.45, 2.75) is 52.2 Å². The summed E-state index contributed by atoms with van der Waals surface area (Å²) < 4.78 is 16.8. The molecule has 1 saturated carbocycles. The molecule has 2 unspecified atom stereocenters. The Morgan fingerprint density at radius 1 is 1.39 bits per heavy atom. The van der Waals surface area contributed by atoms with E-state index < -0.39 is 23.3 Å². The Hall–Kier alpha value is -2.41. The van der Waals surface area contributed by atoms with Gasteiger partial charge in [0.05, 0.1) is 17.3 Å². The number of halogens is 1. The van der Waals surface area contributed by atoms with E-state index in [1.165, 1.54) is 12.3 Å². The molecule has 1 aliphatic carbocycles. The zero-order chi connectivity index (χ0) is 20.7. The smallest absolute Gasteiger partial charge is 0.341 e. The van der Waals surface area contributed by atoms with Gasteiger partial charge in [-0.05, 0) is 50.7 Å². The van der Waals surface area contributed by atoms with Crippen LogP contribution in [-0.4, -0.2) is 40.4 Å². The summed E-state index contributed by atoms with van der Waals surface area (Å²) in [5, 5.41) is 19.1. The molecule has 1 fully saturated rings. The molecule has 0 aliphatic heterocycles. The van der Waals surface area contributed by atoms with Crippen LogP contribution in [0.2, 0.25) is 0 Å². The molecule has 1 aromatic heterocycles. The number of pyridine rings is 1. The predicted octanol–water partition coefficient (Wildman–Crippen LogP) is 3.33. The second kappa shape index (κ2) is 7.54. The zero-order valence-corrected chi connectivity index (χ0v) is 16.7. The van der Waals surface area contributed by atoms with Crippen molar-refractivity contribution in [2.24, 2.45) is 5.92 Å². The van der Waals surface area contributed by atoms with Gasteiger partial charge in [-0.1, -0.05) is 6.92 Å². The normalized spacial score (nSPS) is 16.2. The third-order valence-electron chi connectivity index (χ3n) is 5.36. The van der Waals surface area contributed by atoms with Crippen molar-refractivity contribution in [1.29, 1.82) is 0 Å². The largest absolute Gasteiger partial charge is 0.477 e. The quantitative estimate of drug-likeness (QED) is 0.758. The molecule has 7 heteroatoms. The molecule has 1 heterocycles. The number of hydrogen-bond acceptors (Lipinski definition) is 4. The van der Waals surface area contributed by atoms with Crippen molar-refractivity contribution in [3.8, 4) is 0 Å². The SMILES string of the molecule is Cc1c(N(C)CC(C)CC(C)O)c(F)cc2c(=O)c(C(=O)O)cn(C3CC3)c12. The number of carbonyl (C=O) groups is 1. The first kappa shape index (κ1) is 20.3. The fourth-order valence-corrected chi connectivity index (χ4v) is 4.15. The number of aryl methyl sites for hydroxylation is 1. The van der Waals surface area contributed by atoms with E-state index in [9.17, 15) is 19.8 Å². The Labute approximate surface area is 163 Å². The topological polar surface area (TPSA) is 82.8 Å². The van der Waals surface area contributed by atoms with E-state index >= 15 is 4.39 Å². The number of fused-ring (bicyclic) bond motifs is 1. The van der Waals surface area contributed by atoms with Gasteiger partial charge in [0.1, 0.15) is 11.4 Å². The van der Waals surface area contributed by atoms with Gasteiger partial charge < -0.3 is 19.7 Å². The lowest BCUT2D eigenvalue weighted by Crippen LogP contribution is -2.28. The van der Waals surface area contributed by atoms with Crippen LogP contribution < -0.4 is 10.3 Å². The summed E-state index contributed by atoms with van der Waals surface area (Å²) in [5.41, 5.74) is 0.649. The van der Waals surface area contributed by atoms with Crippen molar-refractivity contribution in [3.05, 3.63) is 39.4 Å². The van der Waals surface area contributed by atoms with Crippen molar-refractivity contribution in [3.63, 3.8) is 0 Å². The van der Waals surface area contributed by atoms with E-state index in [2.05, 4.69) is 0 Å². The molecule has 152 valence electrons. The molecule has 2 N–H and O–H groups in total. The number of benzene rings is 1. The Kier molecular flexibility index (Phi) is 5.48. The predicted molar refractivity (Wildman–Crippen MR) is 107 cm³/mol. The molecular weight excluding hydrogens is 363 g/mol. The maximum Gasteiger partial charge on any atom is 0.341 e. The average molecular weight is 390 g/mol. The number of carboxylic acids is 1. The molecule has 2 aromatic rings. The van der Waals surface area contributed by atoms with Gasteiger partial charge in [0, 0.05) is 31.2 Å². The summed E-state index contributed by atoms with van der Waals surface area (Å²) in [4.78, 5) is 25.9. The van der Waals surface area contributed by atoms with Crippen LogP contribution in [0.5, 0.6) is 0 Å². The standard InChI is InChI=1S/C21H27FN2O4/c1-11(7-12(2)25)9-23(4)19-13(3)18-15(8-17(19)22)20(26)16(21(27)28)10-24(18)14-5-6-14/h8,10-12,14,25H,5-7,9H2,1-4H3,(H,27,28). The molecule has 2 atom stereocenters. The fraction of sp³-hybridized carbons (Fsp3) is 0.524. The highest BCUT2D eigenvalue weighted by molar-refractivity contribution is 5.95. The first-order chi connectivity index (χ1) is 13.1. The van der Waals surface area contributed by atoms with Crippen LogP contribution in [0.4, 0.5) is 10.1 Å². The van der Waals surface area contributed by atoms with Crippen LogP contribution in [0, 0.1) is 18.7 Å². The fourth-order valence-electron chi connectivity index (χ4n) is 4.15. The summed E-state index contributed by atoms with van der Waals surface area (Å²) in [5.74, 6) is -1.69. The molecule has 0 amide bonds. The van der Waals surface area contributed by atoms with Gasteiger partial charge in [-0.15, -0.1) is 0 Å². The van der Waals surface area contributed by atoms with Gasteiger partial charge in [-0.25, -0.2) is 9.18 Å². The average Bonchev–Trinajstić information content (AvgIpc) is 3.39. The number of aromatic carboxylic acids is 1. The third-order valence-corrected chi connectivity index (χ3v) is 5.36. The highest BCUT2D eigenvalue weighted by Crippen LogP contribution is 2.39. The number of nitrogens with zero attached hydrogens (tertiary/aromatic N) is 2. The van der Waals surface area contributed by atoms with Crippen LogP contribution in [0.25, 0.3) is 10.9 Å². The summed E-state index contributed by atoms with van der Waals surface area (Å²) in [6.07, 6.45) is 3.39. The second-order valence-electron chi connectivity index (χ2n) is 8.11. The minimum absolute atomic E-state index is 0.107. The molecule has 1 aliphatic rings. The van der Waals surface area contributed by atoms with Gasteiger partial charge in [0.25, 0.3) is 0 Å². The lowest BCUT2D eigenvalue weighted by Gasteiger charge is -2.27. The summed E-state index contributed by atoms with van der Waals surface area (Å²) in [7, 11) is 1.79. The number of aliphatic hydroxyl groups excluding tert-OH is 1. The number of anilines is 1. The van der Waals surface area contributed by atoms with Crippen LogP contribution in [0.3, 0.4) is 0 Å². The van der Waals surface area contributed by atoms with Gasteiger partial charge in [0.2, 0.25) is 5.43 Å². The summed E-state index contributed by atoms with van der Waals surface area (Å²) in [6, 6.07) is 1.30. The second-order valence-corrected chi connectivity index (χ2v) is 8.11. The number of rotatable bonds is 7. The Balaban J connectivity index is 2.16. The Morgan fingerprint density at radius 3 is 2.57 bits per heavy atom. The highest BCUT2D eigenvalue weighted by Gasteiger charge is 2.29. The number of carboxylic acid groups (broad SMARTS) is 1. The van der Waals surface area contributed by atoms with Crippen molar-refractivity contribution >= 4 is 22.6 Å². The van der Waals surface area contributed by atoms with E-state index in [0.717, 1.165) is 12.8 Å². The molecule has 6 nitrogen and oxygen atoms in total. The minimum Gasteiger partial charge on any atom is -0.477 e. The first-order valence-corrected chi connectivity index (χ1v) is 9.62. The van der Waals surface area contributed by atoms with Crippen molar-refractivity contribution < 1.29 is 19.4 Å². The minimum atomic E-state index is -1.30. The van der Waals surface area contributed by atoms with Crippen molar-refractivity contribution in [2.75, 3.05) is 18.5 Å². The third kappa shape index (κ3) is 3.76. The number of aliphatic hydroxyl groups is 1. The molecular formula is C21H27FN2O4. The Morgan fingerprint density at radius 2 is 2.04 bits per heavy atom. The monoisotopic (exact) mass is 390 g/mol. The number of aromatic nitrogens is 1. The van der Waals surface area contributed by atoms with Crippen molar-refractivity contribution in [1.82, 2.24) is 4.57 Å². The van der Waals surface area contributed by atoms with Crippen LogP contribution in [0.1, 0.15) is 55.1 Å². The zero-order valence-electron chi connectivity index (χ0n) is 16.7. The van der Waals surface area contributed by atoms with Crippen LogP contribution in [-0.2, 0) is 0 Å². The van der Waals surface area contributed by atoms with Crippen LogP contribution in [0.15, 0.2) is 17.1 Å². The molecule has 28 heavy (non-hydrogen) atoms. The Bertz CT molecular complexity index is 979. The first-order valence-electron chi connectivity index (χ1n) is 9.62. The van der Waals surface area contributed by atoms with Crippen LogP contribution >= 0.6 is 0 Å². The van der Waals surface area contributed by atoms with E-state index in [-0.39, 0.29) is 22.9 Å². The number of hydrogen-bond donors (Lipinski definition) is 2.